The van der Waals surface area contributed by atoms with Crippen LogP contribution >= 0.6 is 0 Å². The fraction of sp³-hybridized carbons (Fsp3) is 0.400. The van der Waals surface area contributed by atoms with E-state index in [1.54, 1.807) is 0 Å². The summed E-state index contributed by atoms with van der Waals surface area (Å²) in [6.07, 6.45) is -1.28. The predicted octanol–water partition coefficient (Wildman–Crippen LogP) is 2.17. The van der Waals surface area contributed by atoms with Crippen LogP contribution in [0.4, 0.5) is 13.2 Å². The van der Waals surface area contributed by atoms with Gasteiger partial charge in [-0.2, -0.15) is 0 Å². The molecule has 0 saturated carbocycles. The lowest BCUT2D eigenvalue weighted by Crippen LogP contribution is -2.07. The van der Waals surface area contributed by atoms with Crippen molar-refractivity contribution in [1.29, 1.82) is 0 Å². The van der Waals surface area contributed by atoms with Crippen LogP contribution < -0.4 is 0 Å². The monoisotopic (exact) mass is 220 g/mol. The zero-order valence-electron chi connectivity index (χ0n) is 8.14. The fourth-order valence-electron chi connectivity index (χ4n) is 1.25. The first kappa shape index (κ1) is 12.0. The summed E-state index contributed by atoms with van der Waals surface area (Å²) in [4.78, 5) is 0. The van der Waals surface area contributed by atoms with Crippen LogP contribution in [0.25, 0.3) is 0 Å². The lowest BCUT2D eigenvalue weighted by Gasteiger charge is -2.12. The third kappa shape index (κ3) is 2.94. The summed E-state index contributed by atoms with van der Waals surface area (Å²) in [6, 6.07) is 1.07. The molecule has 1 rings (SSSR count). The lowest BCUT2D eigenvalue weighted by molar-refractivity contribution is 0.105. The number of rotatable bonds is 4. The molecule has 0 aliphatic rings. The Bertz CT molecular complexity index is 318. The quantitative estimate of drug-likeness (QED) is 0.842. The van der Waals surface area contributed by atoms with Crippen LogP contribution in [0.15, 0.2) is 12.1 Å². The number of aliphatic hydroxyl groups excluding tert-OH is 1. The van der Waals surface area contributed by atoms with E-state index < -0.39 is 29.1 Å². The van der Waals surface area contributed by atoms with E-state index in [0.717, 1.165) is 0 Å². The average molecular weight is 220 g/mol. The Balaban J connectivity index is 2.92. The zero-order chi connectivity index (χ0) is 11.4. The second kappa shape index (κ2) is 5.14. The first-order valence-corrected chi connectivity index (χ1v) is 4.37. The molecule has 0 aliphatic heterocycles. The Morgan fingerprint density at radius 3 is 2.27 bits per heavy atom. The van der Waals surface area contributed by atoms with Gasteiger partial charge in [0.2, 0.25) is 0 Å². The minimum atomic E-state index is -1.33. The number of halogens is 3. The summed E-state index contributed by atoms with van der Waals surface area (Å²) in [7, 11) is 1.41. The van der Waals surface area contributed by atoms with E-state index in [2.05, 4.69) is 4.74 Å². The van der Waals surface area contributed by atoms with Gasteiger partial charge >= 0.3 is 0 Å². The molecule has 0 aromatic heterocycles. The Morgan fingerprint density at radius 2 is 1.80 bits per heavy atom. The molecule has 1 unspecified atom stereocenters. The molecule has 0 spiro atoms. The van der Waals surface area contributed by atoms with Crippen LogP contribution in [0.1, 0.15) is 18.1 Å². The van der Waals surface area contributed by atoms with E-state index in [0.29, 0.717) is 12.1 Å². The summed E-state index contributed by atoms with van der Waals surface area (Å²) in [5.41, 5.74) is -0.520. The third-order valence-electron chi connectivity index (χ3n) is 1.97. The molecule has 1 aromatic carbocycles. The van der Waals surface area contributed by atoms with Crippen LogP contribution in [0.2, 0.25) is 0 Å². The second-order valence-corrected chi connectivity index (χ2v) is 3.08. The Morgan fingerprint density at radius 1 is 1.27 bits per heavy atom. The van der Waals surface area contributed by atoms with E-state index in [4.69, 9.17) is 0 Å². The molecular weight excluding hydrogens is 209 g/mol. The number of aliphatic hydroxyl groups is 1. The summed E-state index contributed by atoms with van der Waals surface area (Å²) in [6.45, 7) is 0.164. The molecule has 0 saturated heterocycles. The molecule has 0 amide bonds. The first-order valence-electron chi connectivity index (χ1n) is 4.37. The molecule has 5 heteroatoms. The van der Waals surface area contributed by atoms with Crippen molar-refractivity contribution in [2.45, 2.75) is 12.5 Å². The highest BCUT2D eigenvalue weighted by molar-refractivity contribution is 5.23. The van der Waals surface area contributed by atoms with Gasteiger partial charge in [-0.3, -0.25) is 0 Å². The van der Waals surface area contributed by atoms with Gasteiger partial charge in [0.25, 0.3) is 0 Å². The number of ether oxygens (including phenoxy) is 1. The molecular formula is C10H11F3O2. The standard InChI is InChI=1S/C10H11F3O2/c1-15-3-2-9(14)10-7(12)4-6(11)5-8(10)13/h4-5,9,14H,2-3H2,1H3. The van der Waals surface area contributed by atoms with E-state index in [9.17, 15) is 18.3 Å². The molecule has 0 fully saturated rings. The lowest BCUT2D eigenvalue weighted by atomic mass is 10.1. The average Bonchev–Trinajstić information content (AvgIpc) is 2.12. The van der Waals surface area contributed by atoms with E-state index in [1.807, 2.05) is 0 Å². The van der Waals surface area contributed by atoms with Crippen molar-refractivity contribution in [2.24, 2.45) is 0 Å². The minimum absolute atomic E-state index is 0.0516. The molecule has 1 atom stereocenters. The van der Waals surface area contributed by atoms with Gasteiger partial charge in [0.15, 0.2) is 0 Å². The van der Waals surface area contributed by atoms with Gasteiger partial charge in [0.05, 0.1) is 11.7 Å². The van der Waals surface area contributed by atoms with Crippen molar-refractivity contribution in [1.82, 2.24) is 0 Å². The SMILES string of the molecule is COCCC(O)c1c(F)cc(F)cc1F. The van der Waals surface area contributed by atoms with Gasteiger partial charge in [-0.05, 0) is 0 Å². The highest BCUT2D eigenvalue weighted by atomic mass is 19.1. The maximum atomic E-state index is 13.1. The summed E-state index contributed by atoms with van der Waals surface area (Å²) in [5, 5.41) is 9.42. The van der Waals surface area contributed by atoms with Gasteiger partial charge in [0, 0.05) is 32.3 Å². The Labute approximate surface area is 85.3 Å². The van der Waals surface area contributed by atoms with Crippen LogP contribution in [0.3, 0.4) is 0 Å². The van der Waals surface area contributed by atoms with Gasteiger partial charge in [-0.1, -0.05) is 0 Å². The maximum absolute atomic E-state index is 13.1. The predicted molar refractivity (Wildman–Crippen MR) is 47.8 cm³/mol. The van der Waals surface area contributed by atoms with Gasteiger partial charge < -0.3 is 9.84 Å². The Kier molecular flexibility index (Phi) is 4.11. The molecule has 0 radical (unpaired) electrons. The second-order valence-electron chi connectivity index (χ2n) is 3.08. The molecule has 1 aromatic rings. The number of benzene rings is 1. The molecule has 84 valence electrons. The first-order chi connectivity index (χ1) is 7.06. The fourth-order valence-corrected chi connectivity index (χ4v) is 1.25. The molecule has 0 bridgehead atoms. The van der Waals surface area contributed by atoms with Crippen LogP contribution in [-0.2, 0) is 4.74 Å². The molecule has 0 aliphatic carbocycles. The number of hydrogen-bond donors (Lipinski definition) is 1. The number of hydrogen-bond acceptors (Lipinski definition) is 2. The van der Waals surface area contributed by atoms with Crippen molar-refractivity contribution in [3.8, 4) is 0 Å². The van der Waals surface area contributed by atoms with Gasteiger partial charge in [-0.15, -0.1) is 0 Å². The van der Waals surface area contributed by atoms with Crippen LogP contribution in [-0.4, -0.2) is 18.8 Å². The molecule has 0 heterocycles. The topological polar surface area (TPSA) is 29.5 Å². The van der Waals surface area contributed by atoms with Crippen molar-refractivity contribution >= 4 is 0 Å². The van der Waals surface area contributed by atoms with Crippen molar-refractivity contribution < 1.29 is 23.0 Å². The van der Waals surface area contributed by atoms with Gasteiger partial charge in [0.1, 0.15) is 17.5 Å². The largest absolute Gasteiger partial charge is 0.388 e. The zero-order valence-corrected chi connectivity index (χ0v) is 8.14. The molecule has 1 N–H and O–H groups in total. The summed E-state index contributed by atoms with van der Waals surface area (Å²) in [5.74, 6) is -3.18. The molecule has 15 heavy (non-hydrogen) atoms. The molecule has 2 nitrogen and oxygen atoms in total. The highest BCUT2D eigenvalue weighted by Gasteiger charge is 2.18. The summed E-state index contributed by atoms with van der Waals surface area (Å²) >= 11 is 0. The summed E-state index contributed by atoms with van der Waals surface area (Å²) < 4.78 is 43.4. The van der Waals surface area contributed by atoms with Crippen molar-refractivity contribution in [2.75, 3.05) is 13.7 Å². The minimum Gasteiger partial charge on any atom is -0.388 e. The Hall–Kier alpha value is -1.07. The van der Waals surface area contributed by atoms with Crippen molar-refractivity contribution in [3.63, 3.8) is 0 Å². The van der Waals surface area contributed by atoms with Crippen LogP contribution in [0, 0.1) is 17.5 Å². The number of methoxy groups -OCH3 is 1. The van der Waals surface area contributed by atoms with Crippen LogP contribution in [0.5, 0.6) is 0 Å². The van der Waals surface area contributed by atoms with E-state index in [-0.39, 0.29) is 13.0 Å². The third-order valence-corrected chi connectivity index (χ3v) is 1.97. The van der Waals surface area contributed by atoms with E-state index in [1.165, 1.54) is 7.11 Å². The maximum Gasteiger partial charge on any atom is 0.134 e. The normalized spacial score (nSPS) is 12.9. The highest BCUT2D eigenvalue weighted by Crippen LogP contribution is 2.24. The van der Waals surface area contributed by atoms with E-state index >= 15 is 0 Å². The van der Waals surface area contributed by atoms with Crippen molar-refractivity contribution in [3.05, 3.63) is 35.1 Å². The smallest absolute Gasteiger partial charge is 0.134 e. The van der Waals surface area contributed by atoms with Gasteiger partial charge in [-0.25, -0.2) is 13.2 Å².